The molecule has 108 valence electrons. The van der Waals surface area contributed by atoms with Crippen molar-refractivity contribution in [3.63, 3.8) is 0 Å². The molecule has 2 N–H and O–H groups in total. The number of hydrogen-bond donors (Lipinski definition) is 2. The molecular weight excluding hydrogens is 256 g/mol. The minimum atomic E-state index is -0.217. The molecule has 0 spiro atoms. The number of carbonyl (C=O) groups excluding carboxylic acids is 2. The molecule has 1 aliphatic heterocycles. The Labute approximate surface area is 118 Å². The van der Waals surface area contributed by atoms with E-state index in [9.17, 15) is 9.59 Å². The third-order valence-corrected chi connectivity index (χ3v) is 3.23. The molecule has 1 aromatic rings. The number of rotatable bonds is 6. The van der Waals surface area contributed by atoms with Crippen molar-refractivity contribution in [3.05, 3.63) is 29.3 Å². The highest BCUT2D eigenvalue weighted by molar-refractivity contribution is 5.95. The summed E-state index contributed by atoms with van der Waals surface area (Å²) in [6.07, 6.45) is 1.89. The summed E-state index contributed by atoms with van der Waals surface area (Å²) in [5.41, 5.74) is 2.97. The average molecular weight is 276 g/mol. The molecule has 0 saturated heterocycles. The summed E-state index contributed by atoms with van der Waals surface area (Å²) in [6, 6.07) is 5.68. The molecule has 0 radical (unpaired) electrons. The van der Waals surface area contributed by atoms with Crippen molar-refractivity contribution in [3.8, 4) is 0 Å². The maximum atomic E-state index is 12.0. The van der Waals surface area contributed by atoms with Gasteiger partial charge in [0.05, 0.1) is 6.61 Å². The molecular formula is C15H20N2O3. The van der Waals surface area contributed by atoms with Crippen LogP contribution in [0.5, 0.6) is 0 Å². The summed E-state index contributed by atoms with van der Waals surface area (Å²) < 4.78 is 4.83. The van der Waals surface area contributed by atoms with Crippen LogP contribution in [0, 0.1) is 0 Å². The van der Waals surface area contributed by atoms with Crippen molar-refractivity contribution < 1.29 is 14.3 Å². The van der Waals surface area contributed by atoms with Gasteiger partial charge in [-0.1, -0.05) is 0 Å². The third kappa shape index (κ3) is 3.73. The van der Waals surface area contributed by atoms with Crippen LogP contribution in [0.15, 0.2) is 18.2 Å². The molecule has 0 aromatic heterocycles. The van der Waals surface area contributed by atoms with Crippen molar-refractivity contribution in [2.24, 2.45) is 0 Å². The fraction of sp³-hybridized carbons (Fsp3) is 0.467. The molecule has 5 heteroatoms. The molecule has 0 bridgehead atoms. The van der Waals surface area contributed by atoms with Gasteiger partial charge >= 0.3 is 5.97 Å². The molecule has 1 heterocycles. The van der Waals surface area contributed by atoms with Crippen molar-refractivity contribution in [1.82, 2.24) is 5.32 Å². The highest BCUT2D eigenvalue weighted by Gasteiger charge is 2.13. The Morgan fingerprint density at radius 1 is 1.40 bits per heavy atom. The molecule has 1 amide bonds. The molecule has 0 saturated carbocycles. The number of ether oxygens (including phenoxy) is 1. The van der Waals surface area contributed by atoms with Crippen LogP contribution in [0.2, 0.25) is 0 Å². The summed E-state index contributed by atoms with van der Waals surface area (Å²) >= 11 is 0. The van der Waals surface area contributed by atoms with E-state index in [1.54, 1.807) is 6.92 Å². The lowest BCUT2D eigenvalue weighted by atomic mass is 10.1. The fourth-order valence-corrected chi connectivity index (χ4v) is 2.22. The van der Waals surface area contributed by atoms with E-state index in [2.05, 4.69) is 10.6 Å². The van der Waals surface area contributed by atoms with Crippen LogP contribution >= 0.6 is 0 Å². The predicted octanol–water partition coefficient (Wildman–Crippen LogP) is 1.73. The van der Waals surface area contributed by atoms with E-state index in [-0.39, 0.29) is 11.9 Å². The second-order valence-electron chi connectivity index (χ2n) is 4.71. The summed E-state index contributed by atoms with van der Waals surface area (Å²) in [4.78, 5) is 23.1. The molecule has 20 heavy (non-hydrogen) atoms. The van der Waals surface area contributed by atoms with Gasteiger partial charge in [-0.05, 0) is 43.5 Å². The Morgan fingerprint density at radius 3 is 3.05 bits per heavy atom. The number of amides is 1. The monoisotopic (exact) mass is 276 g/mol. The van der Waals surface area contributed by atoms with E-state index in [1.165, 1.54) is 5.56 Å². The van der Waals surface area contributed by atoms with Gasteiger partial charge in [0, 0.05) is 30.8 Å². The van der Waals surface area contributed by atoms with Crippen molar-refractivity contribution in [2.45, 2.75) is 26.2 Å². The summed E-state index contributed by atoms with van der Waals surface area (Å²) in [6.45, 7) is 3.59. The summed E-state index contributed by atoms with van der Waals surface area (Å²) in [5, 5.41) is 6.08. The van der Waals surface area contributed by atoms with Crippen LogP contribution < -0.4 is 10.6 Å². The SMILES string of the molecule is CCOC(=O)CCCNC(=O)c1ccc2c(c1)CCN2. The van der Waals surface area contributed by atoms with Gasteiger partial charge in [-0.25, -0.2) is 0 Å². The van der Waals surface area contributed by atoms with Crippen LogP contribution in [0.25, 0.3) is 0 Å². The van der Waals surface area contributed by atoms with Gasteiger partial charge in [0.1, 0.15) is 0 Å². The molecule has 0 unspecified atom stereocenters. The number of esters is 1. The number of nitrogens with one attached hydrogen (secondary N) is 2. The Hall–Kier alpha value is -2.04. The average Bonchev–Trinajstić information content (AvgIpc) is 2.91. The Kier molecular flexibility index (Phi) is 4.98. The van der Waals surface area contributed by atoms with Gasteiger partial charge in [-0.15, -0.1) is 0 Å². The first-order valence-electron chi connectivity index (χ1n) is 7.01. The van der Waals surface area contributed by atoms with Crippen LogP contribution in [-0.2, 0) is 16.0 Å². The zero-order valence-electron chi connectivity index (χ0n) is 11.7. The first-order chi connectivity index (χ1) is 9.70. The van der Waals surface area contributed by atoms with E-state index in [1.807, 2.05) is 18.2 Å². The minimum Gasteiger partial charge on any atom is -0.466 e. The van der Waals surface area contributed by atoms with E-state index in [0.29, 0.717) is 31.6 Å². The zero-order valence-corrected chi connectivity index (χ0v) is 11.7. The molecule has 2 rings (SSSR count). The second kappa shape index (κ2) is 6.93. The Bertz CT molecular complexity index is 500. The van der Waals surface area contributed by atoms with Gasteiger partial charge in [-0.3, -0.25) is 9.59 Å². The highest BCUT2D eigenvalue weighted by atomic mass is 16.5. The number of anilines is 1. The van der Waals surface area contributed by atoms with Crippen molar-refractivity contribution >= 4 is 17.6 Å². The normalized spacial score (nSPS) is 12.4. The first-order valence-corrected chi connectivity index (χ1v) is 7.01. The van der Waals surface area contributed by atoms with Gasteiger partial charge in [0.15, 0.2) is 0 Å². The zero-order chi connectivity index (χ0) is 14.4. The predicted molar refractivity (Wildman–Crippen MR) is 76.8 cm³/mol. The fourth-order valence-electron chi connectivity index (χ4n) is 2.22. The summed E-state index contributed by atoms with van der Waals surface area (Å²) in [7, 11) is 0. The number of carbonyl (C=O) groups is 2. The van der Waals surface area contributed by atoms with Gasteiger partial charge in [-0.2, -0.15) is 0 Å². The molecule has 0 aliphatic carbocycles. The number of fused-ring (bicyclic) bond motifs is 1. The quantitative estimate of drug-likeness (QED) is 0.613. The van der Waals surface area contributed by atoms with E-state index in [4.69, 9.17) is 4.74 Å². The lowest BCUT2D eigenvalue weighted by molar-refractivity contribution is -0.143. The van der Waals surface area contributed by atoms with Crippen molar-refractivity contribution in [2.75, 3.05) is 25.0 Å². The van der Waals surface area contributed by atoms with Gasteiger partial charge < -0.3 is 15.4 Å². The van der Waals surface area contributed by atoms with Crippen molar-refractivity contribution in [1.29, 1.82) is 0 Å². The van der Waals surface area contributed by atoms with Crippen LogP contribution in [-0.4, -0.2) is 31.6 Å². The maximum Gasteiger partial charge on any atom is 0.305 e. The smallest absolute Gasteiger partial charge is 0.305 e. The van der Waals surface area contributed by atoms with Gasteiger partial charge in [0.25, 0.3) is 5.91 Å². The number of hydrogen-bond acceptors (Lipinski definition) is 4. The molecule has 0 fully saturated rings. The molecule has 1 aromatic carbocycles. The summed E-state index contributed by atoms with van der Waals surface area (Å²) in [5.74, 6) is -0.311. The molecule has 5 nitrogen and oxygen atoms in total. The Balaban J connectivity index is 1.76. The molecule has 1 aliphatic rings. The largest absolute Gasteiger partial charge is 0.466 e. The van der Waals surface area contributed by atoms with E-state index < -0.39 is 0 Å². The van der Waals surface area contributed by atoms with E-state index in [0.717, 1.165) is 18.7 Å². The second-order valence-corrected chi connectivity index (χ2v) is 4.71. The van der Waals surface area contributed by atoms with E-state index >= 15 is 0 Å². The number of benzene rings is 1. The molecule has 0 atom stereocenters. The first kappa shape index (κ1) is 14.4. The topological polar surface area (TPSA) is 67.4 Å². The Morgan fingerprint density at radius 2 is 2.25 bits per heavy atom. The minimum absolute atomic E-state index is 0.0939. The van der Waals surface area contributed by atoms with Gasteiger partial charge in [0.2, 0.25) is 0 Å². The highest BCUT2D eigenvalue weighted by Crippen LogP contribution is 2.22. The standard InChI is InChI=1S/C15H20N2O3/c1-2-20-14(18)4-3-8-17-15(19)12-5-6-13-11(10-12)7-9-16-13/h5-6,10,16H,2-4,7-9H2,1H3,(H,17,19). The van der Waals surface area contributed by atoms with Crippen LogP contribution in [0.4, 0.5) is 5.69 Å². The lowest BCUT2D eigenvalue weighted by Crippen LogP contribution is -2.25. The van der Waals surface area contributed by atoms with Crippen LogP contribution in [0.3, 0.4) is 0 Å². The lowest BCUT2D eigenvalue weighted by Gasteiger charge is -2.07. The third-order valence-electron chi connectivity index (χ3n) is 3.23. The van der Waals surface area contributed by atoms with Crippen LogP contribution in [0.1, 0.15) is 35.7 Å². The maximum absolute atomic E-state index is 12.0.